The minimum absolute atomic E-state index is 0.112. The summed E-state index contributed by atoms with van der Waals surface area (Å²) in [5.41, 5.74) is 0.327. The second-order valence-corrected chi connectivity index (χ2v) is 11.6. The molecule has 1 aromatic rings. The van der Waals surface area contributed by atoms with E-state index in [0.717, 1.165) is 50.0 Å². The van der Waals surface area contributed by atoms with Gasteiger partial charge >= 0.3 is 5.97 Å². The summed E-state index contributed by atoms with van der Waals surface area (Å²) in [6, 6.07) is 10.1. The van der Waals surface area contributed by atoms with E-state index >= 15 is 0 Å². The molecule has 0 aliphatic heterocycles. The van der Waals surface area contributed by atoms with Crippen molar-refractivity contribution in [3.63, 3.8) is 0 Å². The van der Waals surface area contributed by atoms with Crippen LogP contribution in [0.2, 0.25) is 0 Å². The Hall–Kier alpha value is -1.79. The fourth-order valence-corrected chi connectivity index (χ4v) is 8.48. The molecule has 1 aromatic carbocycles. The quantitative estimate of drug-likeness (QED) is 0.453. The Morgan fingerprint density at radius 3 is 2.50 bits per heavy atom. The van der Waals surface area contributed by atoms with E-state index in [1.54, 1.807) is 0 Å². The Bertz CT molecular complexity index is 929. The topological polar surface area (TPSA) is 46.5 Å². The summed E-state index contributed by atoms with van der Waals surface area (Å²) in [4.78, 5) is 11.5. The average molecular weight is 435 g/mol. The molecule has 172 valence electrons. The molecule has 0 heterocycles. The van der Waals surface area contributed by atoms with Crippen LogP contribution in [-0.4, -0.2) is 22.8 Å². The van der Waals surface area contributed by atoms with Gasteiger partial charge in [0.05, 0.1) is 0 Å². The van der Waals surface area contributed by atoms with Crippen molar-refractivity contribution in [2.75, 3.05) is 0 Å². The zero-order chi connectivity index (χ0) is 22.6. The molecular weight excluding hydrogens is 396 g/mol. The lowest BCUT2D eigenvalue weighted by Gasteiger charge is -2.61. The standard InChI is InChI=1S/C29H38O3/c1-20(30)32-23-12-15-27(2)22(19-23)9-10-24-25(27)13-16-28(3)26(24)14-18-29(28,31)17-11-21-7-5-4-6-8-21/h4-8,22-26,31H,9-10,12-16,18-19H2,1-3H3/t22-,23-,24+,25-,26-,27-,28-,29+/m0/s1. The molecule has 0 aromatic heterocycles. The van der Waals surface area contributed by atoms with Crippen molar-refractivity contribution in [3.8, 4) is 11.8 Å². The molecule has 3 nitrogen and oxygen atoms in total. The van der Waals surface area contributed by atoms with Gasteiger partial charge in [-0.25, -0.2) is 0 Å². The van der Waals surface area contributed by atoms with E-state index in [2.05, 4.69) is 25.7 Å². The molecule has 0 amide bonds. The maximum atomic E-state index is 11.8. The summed E-state index contributed by atoms with van der Waals surface area (Å²) in [5.74, 6) is 9.13. The fraction of sp³-hybridized carbons (Fsp3) is 0.690. The van der Waals surface area contributed by atoms with E-state index in [1.165, 1.54) is 26.2 Å². The number of benzene rings is 1. The summed E-state index contributed by atoms with van der Waals surface area (Å²) >= 11 is 0. The van der Waals surface area contributed by atoms with Gasteiger partial charge in [0.15, 0.2) is 0 Å². The first kappa shape index (κ1) is 22.0. The first-order chi connectivity index (χ1) is 15.3. The van der Waals surface area contributed by atoms with E-state index in [-0.39, 0.29) is 17.5 Å². The highest BCUT2D eigenvalue weighted by molar-refractivity contribution is 5.66. The summed E-state index contributed by atoms with van der Waals surface area (Å²) in [5, 5.41) is 11.8. The van der Waals surface area contributed by atoms with Crippen molar-refractivity contribution in [2.45, 2.75) is 90.3 Å². The first-order valence-electron chi connectivity index (χ1n) is 12.7. The lowest BCUT2D eigenvalue weighted by Crippen LogP contribution is -2.56. The smallest absolute Gasteiger partial charge is 0.302 e. The minimum Gasteiger partial charge on any atom is -0.463 e. The van der Waals surface area contributed by atoms with Gasteiger partial charge in [0.1, 0.15) is 11.7 Å². The monoisotopic (exact) mass is 434 g/mol. The van der Waals surface area contributed by atoms with Crippen LogP contribution in [-0.2, 0) is 9.53 Å². The van der Waals surface area contributed by atoms with Crippen LogP contribution in [0.1, 0.15) is 84.1 Å². The summed E-state index contributed by atoms with van der Waals surface area (Å²) in [6.45, 7) is 6.39. The SMILES string of the molecule is CC(=O)O[C@H]1CC[C@@]2(C)[C@@H](CC[C@@H]3[C@@H]2CC[C@@]2(C)[C@H]3CC[C@]2(O)C#Cc2ccccc2)C1. The van der Waals surface area contributed by atoms with Gasteiger partial charge in [-0.2, -0.15) is 0 Å². The van der Waals surface area contributed by atoms with E-state index in [9.17, 15) is 9.90 Å². The number of fused-ring (bicyclic) bond motifs is 5. The van der Waals surface area contributed by atoms with Crippen LogP contribution >= 0.6 is 0 Å². The van der Waals surface area contributed by atoms with Crippen molar-refractivity contribution in [2.24, 2.45) is 34.5 Å². The second kappa shape index (κ2) is 7.91. The third-order valence-electron chi connectivity index (χ3n) is 10.3. The van der Waals surface area contributed by atoms with Crippen LogP contribution in [0.5, 0.6) is 0 Å². The molecular formula is C29H38O3. The van der Waals surface area contributed by atoms with Gasteiger partial charge in [0.25, 0.3) is 0 Å². The minimum atomic E-state index is -0.886. The fourth-order valence-electron chi connectivity index (χ4n) is 8.48. The van der Waals surface area contributed by atoms with Crippen molar-refractivity contribution in [1.82, 2.24) is 0 Å². The van der Waals surface area contributed by atoms with E-state index in [1.807, 2.05) is 30.3 Å². The zero-order valence-electron chi connectivity index (χ0n) is 19.9. The molecule has 0 unspecified atom stereocenters. The van der Waals surface area contributed by atoms with Crippen LogP contribution in [0.15, 0.2) is 30.3 Å². The highest BCUT2D eigenvalue weighted by Crippen LogP contribution is 2.68. The van der Waals surface area contributed by atoms with Crippen molar-refractivity contribution in [1.29, 1.82) is 0 Å². The number of carbonyl (C=O) groups is 1. The summed E-state index contributed by atoms with van der Waals surface area (Å²) in [6.07, 6.45) is 9.94. The number of hydrogen-bond acceptors (Lipinski definition) is 3. The molecule has 4 fully saturated rings. The maximum Gasteiger partial charge on any atom is 0.302 e. The molecule has 0 saturated heterocycles. The molecule has 4 aliphatic rings. The van der Waals surface area contributed by atoms with Crippen molar-refractivity contribution >= 4 is 5.97 Å². The molecule has 32 heavy (non-hydrogen) atoms. The average Bonchev–Trinajstić information content (AvgIpc) is 3.04. The maximum absolute atomic E-state index is 11.8. The molecule has 3 heteroatoms. The molecule has 8 atom stereocenters. The summed E-state index contributed by atoms with van der Waals surface area (Å²) in [7, 11) is 0. The van der Waals surface area contributed by atoms with Crippen LogP contribution in [0.25, 0.3) is 0 Å². The lowest BCUT2D eigenvalue weighted by molar-refractivity contribution is -0.163. The molecule has 5 rings (SSSR count). The van der Waals surface area contributed by atoms with Crippen molar-refractivity contribution in [3.05, 3.63) is 35.9 Å². The first-order valence-corrected chi connectivity index (χ1v) is 12.7. The Morgan fingerprint density at radius 1 is 1.00 bits per heavy atom. The van der Waals surface area contributed by atoms with Crippen LogP contribution in [0.3, 0.4) is 0 Å². The number of esters is 1. The van der Waals surface area contributed by atoms with E-state index in [0.29, 0.717) is 23.2 Å². The number of rotatable bonds is 1. The Labute approximate surface area is 193 Å². The molecule has 1 N–H and O–H groups in total. The predicted molar refractivity (Wildman–Crippen MR) is 126 cm³/mol. The molecule has 0 bridgehead atoms. The Morgan fingerprint density at radius 2 is 1.75 bits per heavy atom. The highest BCUT2D eigenvalue weighted by Gasteiger charge is 2.64. The molecule has 4 aliphatic carbocycles. The van der Waals surface area contributed by atoms with Crippen LogP contribution < -0.4 is 0 Å². The molecule has 0 spiro atoms. The van der Waals surface area contributed by atoms with Gasteiger partial charge in [-0.05, 0) is 99.0 Å². The largest absolute Gasteiger partial charge is 0.463 e. The number of carbonyl (C=O) groups excluding carboxylic acids is 1. The number of aliphatic hydroxyl groups is 1. The third-order valence-corrected chi connectivity index (χ3v) is 10.3. The van der Waals surface area contributed by atoms with Gasteiger partial charge in [-0.3, -0.25) is 4.79 Å². The third kappa shape index (κ3) is 3.41. The van der Waals surface area contributed by atoms with Gasteiger partial charge in [-0.1, -0.05) is 43.9 Å². The van der Waals surface area contributed by atoms with Gasteiger partial charge in [-0.15, -0.1) is 0 Å². The summed E-state index contributed by atoms with van der Waals surface area (Å²) < 4.78 is 5.61. The second-order valence-electron chi connectivity index (χ2n) is 11.6. The normalized spacial score (nSPS) is 44.9. The van der Waals surface area contributed by atoms with Gasteiger partial charge < -0.3 is 9.84 Å². The predicted octanol–water partition coefficient (Wildman–Crippen LogP) is 5.74. The molecule has 0 radical (unpaired) electrons. The zero-order valence-corrected chi connectivity index (χ0v) is 19.9. The Kier molecular flexibility index (Phi) is 5.44. The molecule has 4 saturated carbocycles. The van der Waals surface area contributed by atoms with Crippen molar-refractivity contribution < 1.29 is 14.6 Å². The van der Waals surface area contributed by atoms with Gasteiger partial charge in [0.2, 0.25) is 0 Å². The van der Waals surface area contributed by atoms with Crippen LogP contribution in [0.4, 0.5) is 0 Å². The van der Waals surface area contributed by atoms with Gasteiger partial charge in [0, 0.05) is 17.9 Å². The number of hydrogen-bond donors (Lipinski definition) is 1. The van der Waals surface area contributed by atoms with Crippen LogP contribution in [0, 0.1) is 46.3 Å². The highest BCUT2D eigenvalue weighted by atomic mass is 16.5. The van der Waals surface area contributed by atoms with E-state index in [4.69, 9.17) is 4.74 Å². The van der Waals surface area contributed by atoms with E-state index < -0.39 is 5.60 Å². The Balaban J connectivity index is 1.36. The number of ether oxygens (including phenoxy) is 1. The lowest BCUT2D eigenvalue weighted by atomic mass is 9.44.